The Kier molecular flexibility index (Phi) is 2.13. The zero-order valence-corrected chi connectivity index (χ0v) is 11.4. The molecule has 1 saturated carbocycles. The number of aliphatic imine (C=N–C) groups is 1. The minimum atomic E-state index is -0.538. The highest BCUT2D eigenvalue weighted by molar-refractivity contribution is 6.09. The van der Waals surface area contributed by atoms with Crippen molar-refractivity contribution in [2.24, 2.45) is 10.9 Å². The molecular formula is C15H15N5O. The Balaban J connectivity index is 1.67. The maximum Gasteiger partial charge on any atom is 0.158 e. The first-order valence-corrected chi connectivity index (χ1v) is 7.37. The summed E-state index contributed by atoms with van der Waals surface area (Å²) in [6.07, 6.45) is 6.28. The number of aromatic amines is 1. The van der Waals surface area contributed by atoms with Gasteiger partial charge in [0.2, 0.25) is 0 Å². The molecule has 5 rings (SSSR count). The number of hydrogen-bond donors (Lipinski definition) is 3. The van der Waals surface area contributed by atoms with E-state index in [2.05, 4.69) is 31.3 Å². The first-order chi connectivity index (χ1) is 10.3. The Morgan fingerprint density at radius 1 is 1.24 bits per heavy atom. The van der Waals surface area contributed by atoms with Crippen LogP contribution >= 0.6 is 0 Å². The summed E-state index contributed by atoms with van der Waals surface area (Å²) in [4.78, 5) is 16.8. The maximum atomic E-state index is 9.79. The summed E-state index contributed by atoms with van der Waals surface area (Å²) in [6.45, 7) is 0. The summed E-state index contributed by atoms with van der Waals surface area (Å²) in [5.74, 6) is 1.23. The van der Waals surface area contributed by atoms with Gasteiger partial charge in [-0.3, -0.25) is 4.99 Å². The molecule has 4 heterocycles. The van der Waals surface area contributed by atoms with Crippen molar-refractivity contribution in [3.63, 3.8) is 0 Å². The van der Waals surface area contributed by atoms with Gasteiger partial charge in [-0.15, -0.1) is 0 Å². The average molecular weight is 281 g/mol. The number of rotatable bonds is 0. The molecule has 21 heavy (non-hydrogen) atoms. The van der Waals surface area contributed by atoms with E-state index in [1.807, 2.05) is 12.3 Å². The molecule has 0 radical (unpaired) electrons. The molecule has 0 spiro atoms. The quantitative estimate of drug-likeness (QED) is 0.686. The van der Waals surface area contributed by atoms with E-state index in [4.69, 9.17) is 0 Å². The Morgan fingerprint density at radius 3 is 3.14 bits per heavy atom. The third-order valence-electron chi connectivity index (χ3n) is 4.66. The molecule has 1 fully saturated rings. The topological polar surface area (TPSA) is 86.2 Å². The monoisotopic (exact) mass is 281 g/mol. The van der Waals surface area contributed by atoms with Crippen molar-refractivity contribution < 1.29 is 5.11 Å². The maximum absolute atomic E-state index is 9.79. The molecule has 6 nitrogen and oxygen atoms in total. The second kappa shape index (κ2) is 3.92. The zero-order valence-electron chi connectivity index (χ0n) is 11.4. The normalized spacial score (nSPS) is 30.0. The first kappa shape index (κ1) is 11.4. The molecule has 0 amide bonds. The van der Waals surface area contributed by atoms with E-state index in [0.717, 1.165) is 47.6 Å². The number of nitrogens with one attached hydrogen (secondary N) is 2. The molecule has 0 bridgehead atoms. The molecule has 6 heteroatoms. The number of aliphatic hydroxyl groups excluding tert-OH is 1. The first-order valence-electron chi connectivity index (χ1n) is 7.37. The molecule has 2 aromatic heterocycles. The van der Waals surface area contributed by atoms with Crippen LogP contribution in [0.2, 0.25) is 0 Å². The SMILES string of the molecule is OC1CC2CCC3Nc4nc5[nH]ccc5nc4C=C3C2=N1. The summed E-state index contributed by atoms with van der Waals surface area (Å²) in [6, 6.07) is 2.16. The molecule has 2 aliphatic heterocycles. The summed E-state index contributed by atoms with van der Waals surface area (Å²) in [5, 5.41) is 13.3. The van der Waals surface area contributed by atoms with Gasteiger partial charge in [-0.25, -0.2) is 9.97 Å². The average Bonchev–Trinajstić information content (AvgIpc) is 3.07. The number of aliphatic hydroxyl groups is 1. The second-order valence-corrected chi connectivity index (χ2v) is 5.97. The molecule has 3 N–H and O–H groups in total. The second-order valence-electron chi connectivity index (χ2n) is 5.97. The van der Waals surface area contributed by atoms with Gasteiger partial charge in [0.1, 0.15) is 17.4 Å². The molecule has 0 saturated heterocycles. The molecule has 3 aliphatic rings. The van der Waals surface area contributed by atoms with Crippen LogP contribution in [-0.2, 0) is 0 Å². The van der Waals surface area contributed by atoms with Crippen LogP contribution in [0.5, 0.6) is 0 Å². The van der Waals surface area contributed by atoms with Crippen molar-refractivity contribution in [1.29, 1.82) is 0 Å². The van der Waals surface area contributed by atoms with Crippen molar-refractivity contribution in [3.05, 3.63) is 23.5 Å². The minimum absolute atomic E-state index is 0.236. The van der Waals surface area contributed by atoms with E-state index >= 15 is 0 Å². The predicted molar refractivity (Wildman–Crippen MR) is 80.1 cm³/mol. The number of aromatic nitrogens is 3. The summed E-state index contributed by atoms with van der Waals surface area (Å²) >= 11 is 0. The van der Waals surface area contributed by atoms with Crippen LogP contribution in [0.3, 0.4) is 0 Å². The van der Waals surface area contributed by atoms with Crippen molar-refractivity contribution >= 4 is 28.8 Å². The van der Waals surface area contributed by atoms with Gasteiger partial charge in [0, 0.05) is 24.2 Å². The van der Waals surface area contributed by atoms with Crippen LogP contribution < -0.4 is 5.32 Å². The fraction of sp³-hybridized carbons (Fsp3) is 0.400. The zero-order chi connectivity index (χ0) is 14.0. The van der Waals surface area contributed by atoms with Gasteiger partial charge in [0.15, 0.2) is 11.5 Å². The van der Waals surface area contributed by atoms with E-state index in [-0.39, 0.29) is 6.04 Å². The van der Waals surface area contributed by atoms with E-state index in [9.17, 15) is 5.11 Å². The largest absolute Gasteiger partial charge is 0.372 e. The smallest absolute Gasteiger partial charge is 0.158 e. The third-order valence-corrected chi connectivity index (χ3v) is 4.66. The molecule has 1 aliphatic carbocycles. The molecule has 3 unspecified atom stereocenters. The van der Waals surface area contributed by atoms with Gasteiger partial charge in [0.25, 0.3) is 0 Å². The lowest BCUT2D eigenvalue weighted by Gasteiger charge is -2.33. The Bertz CT molecular complexity index is 805. The molecular weight excluding hydrogens is 266 g/mol. The predicted octanol–water partition coefficient (Wildman–Crippen LogP) is 1.71. The van der Waals surface area contributed by atoms with Crippen molar-refractivity contribution in [3.8, 4) is 0 Å². The van der Waals surface area contributed by atoms with E-state index in [1.54, 1.807) is 0 Å². The third kappa shape index (κ3) is 1.59. The number of anilines is 1. The van der Waals surface area contributed by atoms with Crippen molar-refractivity contribution in [2.45, 2.75) is 31.5 Å². The lowest BCUT2D eigenvalue weighted by molar-refractivity contribution is 0.175. The molecule has 0 aromatic carbocycles. The lowest BCUT2D eigenvalue weighted by atomic mass is 9.78. The van der Waals surface area contributed by atoms with Crippen LogP contribution in [0.15, 0.2) is 22.8 Å². The summed E-state index contributed by atoms with van der Waals surface area (Å²) < 4.78 is 0. The van der Waals surface area contributed by atoms with Crippen LogP contribution in [0.25, 0.3) is 17.2 Å². The Labute approximate surface area is 121 Å². The highest BCUT2D eigenvalue weighted by atomic mass is 16.3. The number of hydrogen-bond acceptors (Lipinski definition) is 5. The number of H-pyrrole nitrogens is 1. The van der Waals surface area contributed by atoms with Crippen LogP contribution in [0.4, 0.5) is 5.82 Å². The summed E-state index contributed by atoms with van der Waals surface area (Å²) in [5.41, 5.74) is 4.78. The van der Waals surface area contributed by atoms with Crippen LogP contribution in [0.1, 0.15) is 25.0 Å². The Morgan fingerprint density at radius 2 is 2.19 bits per heavy atom. The van der Waals surface area contributed by atoms with Crippen LogP contribution in [-0.4, -0.2) is 38.0 Å². The molecule has 106 valence electrons. The van der Waals surface area contributed by atoms with Gasteiger partial charge < -0.3 is 15.4 Å². The van der Waals surface area contributed by atoms with Gasteiger partial charge in [0.05, 0.1) is 6.04 Å². The highest BCUT2D eigenvalue weighted by Crippen LogP contribution is 2.39. The fourth-order valence-electron chi connectivity index (χ4n) is 3.68. The van der Waals surface area contributed by atoms with Gasteiger partial charge in [-0.2, -0.15) is 0 Å². The fourth-order valence-corrected chi connectivity index (χ4v) is 3.68. The van der Waals surface area contributed by atoms with Crippen LogP contribution in [0, 0.1) is 5.92 Å². The van der Waals surface area contributed by atoms with Gasteiger partial charge in [-0.1, -0.05) is 0 Å². The summed E-state index contributed by atoms with van der Waals surface area (Å²) in [7, 11) is 0. The molecule has 3 atom stereocenters. The highest BCUT2D eigenvalue weighted by Gasteiger charge is 2.38. The lowest BCUT2D eigenvalue weighted by Crippen LogP contribution is -2.36. The Hall–Kier alpha value is -2.21. The minimum Gasteiger partial charge on any atom is -0.372 e. The van der Waals surface area contributed by atoms with Gasteiger partial charge >= 0.3 is 0 Å². The molecule has 2 aromatic rings. The number of fused-ring (bicyclic) bond motifs is 5. The van der Waals surface area contributed by atoms with E-state index < -0.39 is 6.23 Å². The van der Waals surface area contributed by atoms with Crippen molar-refractivity contribution in [2.75, 3.05) is 5.32 Å². The van der Waals surface area contributed by atoms with E-state index in [1.165, 1.54) is 5.57 Å². The number of nitrogens with zero attached hydrogens (tertiary/aromatic N) is 3. The van der Waals surface area contributed by atoms with Gasteiger partial charge in [-0.05, 0) is 30.6 Å². The van der Waals surface area contributed by atoms with E-state index in [0.29, 0.717) is 5.92 Å². The van der Waals surface area contributed by atoms with Crippen molar-refractivity contribution in [1.82, 2.24) is 15.0 Å². The standard InChI is InChI=1S/C15H15N5O/c21-12-5-7-1-2-9-8(13(7)19-12)6-11-15(18-9)20-14-10(17-11)3-4-16-14/h3-4,6-7,9,12,21H,1-2,5H2,(H2,16,18,20).